The van der Waals surface area contributed by atoms with Gasteiger partial charge in [-0.1, -0.05) is 26.0 Å². The summed E-state index contributed by atoms with van der Waals surface area (Å²) in [5, 5.41) is 18.0. The number of amides is 3. The summed E-state index contributed by atoms with van der Waals surface area (Å²) >= 11 is 1.62. The molecule has 1 aliphatic heterocycles. The van der Waals surface area contributed by atoms with E-state index in [0.29, 0.717) is 30.3 Å². The van der Waals surface area contributed by atoms with Crippen molar-refractivity contribution < 1.29 is 24.2 Å². The van der Waals surface area contributed by atoms with Gasteiger partial charge in [-0.2, -0.15) is 0 Å². The molecule has 1 aromatic carbocycles. The Morgan fingerprint density at radius 1 is 1.15 bits per heavy atom. The molecule has 1 aliphatic carbocycles. The van der Waals surface area contributed by atoms with Gasteiger partial charge in [0.25, 0.3) is 0 Å². The second kappa shape index (κ2) is 14.1. The van der Waals surface area contributed by atoms with Crippen molar-refractivity contribution in [3.05, 3.63) is 40.6 Å². The minimum atomic E-state index is -0.692. The number of benzene rings is 1. The van der Waals surface area contributed by atoms with Crippen molar-refractivity contribution in [2.45, 2.75) is 64.8 Å². The molecule has 41 heavy (non-hydrogen) atoms. The van der Waals surface area contributed by atoms with Gasteiger partial charge in [-0.15, -0.1) is 11.3 Å². The quantitative estimate of drug-likeness (QED) is 0.285. The summed E-state index contributed by atoms with van der Waals surface area (Å²) in [4.78, 5) is 40.8. The first-order valence-electron chi connectivity index (χ1n) is 14.5. The Morgan fingerprint density at radius 2 is 1.90 bits per heavy atom. The molecule has 1 aromatic heterocycles. The molecule has 4 rings (SSSR count). The van der Waals surface area contributed by atoms with Crippen LogP contribution in [-0.4, -0.2) is 42.8 Å². The smallest absolute Gasteiger partial charge is 0.411 e. The highest BCUT2D eigenvalue weighted by Crippen LogP contribution is 2.43. The van der Waals surface area contributed by atoms with Crippen molar-refractivity contribution in [1.82, 2.24) is 5.32 Å². The molecule has 1 saturated carbocycles. The van der Waals surface area contributed by atoms with E-state index < -0.39 is 6.09 Å². The highest BCUT2D eigenvalue weighted by Gasteiger charge is 2.29. The maximum absolute atomic E-state index is 13.4. The van der Waals surface area contributed by atoms with Crippen LogP contribution in [-0.2, 0) is 14.3 Å². The zero-order chi connectivity index (χ0) is 29.5. The first-order chi connectivity index (χ1) is 19.7. The number of hydrogen-bond acceptors (Lipinski definition) is 7. The summed E-state index contributed by atoms with van der Waals surface area (Å²) in [5.41, 5.74) is 9.47. The maximum Gasteiger partial charge on any atom is 0.411 e. The predicted molar refractivity (Wildman–Crippen MR) is 164 cm³/mol. The van der Waals surface area contributed by atoms with Gasteiger partial charge >= 0.3 is 6.09 Å². The van der Waals surface area contributed by atoms with Crippen molar-refractivity contribution >= 4 is 46.2 Å². The molecule has 10 heteroatoms. The summed E-state index contributed by atoms with van der Waals surface area (Å²) in [7, 11) is 0. The van der Waals surface area contributed by atoms with Gasteiger partial charge < -0.3 is 26.2 Å². The number of carbonyl (C=O) groups excluding carboxylic acids is 3. The number of allylic oxidation sites excluding steroid dienone is 1. The standard InChI is InChI=1S/C31H42N4O5S/c1-18(2)28-24-16-27(41-28)25(34-30(38)21-9-7-20(17-32)8-10-21)6-4-5-19(3)29(37)35-26-15-22(11-12-23(24)26)33-31(39)40-14-13-36/h11-12,15-16,19-21,25,36H,1,4-10,13-14,17,32H2,2-3H3,(H,33,39)(H,34,38)(H,35,37)/t19-,20?,21?,25+/m1/s1. The van der Waals surface area contributed by atoms with Crippen LogP contribution in [0.3, 0.4) is 0 Å². The fourth-order valence-corrected chi connectivity index (χ4v) is 6.79. The van der Waals surface area contributed by atoms with E-state index in [1.165, 1.54) is 0 Å². The number of anilines is 2. The van der Waals surface area contributed by atoms with Crippen LogP contribution in [0.1, 0.15) is 74.6 Å². The zero-order valence-electron chi connectivity index (χ0n) is 24.0. The van der Waals surface area contributed by atoms with E-state index in [-0.39, 0.29) is 42.9 Å². The Kier molecular flexibility index (Phi) is 10.6. The lowest BCUT2D eigenvalue weighted by Gasteiger charge is -2.28. The van der Waals surface area contributed by atoms with E-state index in [2.05, 4.69) is 28.6 Å². The van der Waals surface area contributed by atoms with Crippen molar-refractivity contribution in [1.29, 1.82) is 0 Å². The number of rotatable bonds is 7. The van der Waals surface area contributed by atoms with Crippen LogP contribution in [0.25, 0.3) is 16.7 Å². The summed E-state index contributed by atoms with van der Waals surface area (Å²) in [6.07, 6.45) is 5.20. The number of nitrogens with one attached hydrogen (secondary N) is 3. The average molecular weight is 583 g/mol. The van der Waals surface area contributed by atoms with Gasteiger partial charge in [-0.3, -0.25) is 14.9 Å². The molecule has 2 aliphatic rings. The van der Waals surface area contributed by atoms with Crippen LogP contribution in [0.2, 0.25) is 0 Å². The van der Waals surface area contributed by atoms with E-state index in [0.717, 1.165) is 65.0 Å². The number of hydrogen-bond donors (Lipinski definition) is 5. The lowest BCUT2D eigenvalue weighted by Crippen LogP contribution is -2.36. The zero-order valence-corrected chi connectivity index (χ0v) is 24.8. The number of thiophene rings is 1. The lowest BCUT2D eigenvalue weighted by atomic mass is 9.81. The summed E-state index contributed by atoms with van der Waals surface area (Å²) < 4.78 is 4.92. The van der Waals surface area contributed by atoms with E-state index in [1.807, 2.05) is 19.9 Å². The molecule has 222 valence electrons. The fraction of sp³-hybridized carbons (Fsp3) is 0.516. The van der Waals surface area contributed by atoms with E-state index in [1.54, 1.807) is 23.5 Å². The third-order valence-electron chi connectivity index (χ3n) is 8.07. The van der Waals surface area contributed by atoms with Crippen molar-refractivity contribution in [3.8, 4) is 11.1 Å². The largest absolute Gasteiger partial charge is 0.447 e. The Hall–Kier alpha value is -3.21. The number of aliphatic hydroxyl groups excluding tert-OH is 1. The topological polar surface area (TPSA) is 143 Å². The highest BCUT2D eigenvalue weighted by atomic mass is 32.1. The van der Waals surface area contributed by atoms with Crippen LogP contribution in [0, 0.1) is 17.8 Å². The third kappa shape index (κ3) is 7.75. The maximum atomic E-state index is 13.4. The number of nitrogens with two attached hydrogens (primary N) is 1. The van der Waals surface area contributed by atoms with Gasteiger partial charge in [-0.05, 0) is 81.7 Å². The van der Waals surface area contributed by atoms with Gasteiger partial charge in [-0.25, -0.2) is 4.79 Å². The third-order valence-corrected chi connectivity index (χ3v) is 9.48. The van der Waals surface area contributed by atoms with Gasteiger partial charge in [0.15, 0.2) is 0 Å². The monoisotopic (exact) mass is 582 g/mol. The number of carbonyl (C=O) groups is 3. The molecule has 2 aromatic rings. The Morgan fingerprint density at radius 3 is 2.59 bits per heavy atom. The molecule has 1 fully saturated rings. The number of ether oxygens (including phenoxy) is 1. The van der Waals surface area contributed by atoms with Crippen LogP contribution in [0.4, 0.5) is 16.2 Å². The minimum Gasteiger partial charge on any atom is -0.447 e. The van der Waals surface area contributed by atoms with Crippen LogP contribution < -0.4 is 21.7 Å². The first-order valence-corrected chi connectivity index (χ1v) is 15.3. The average Bonchev–Trinajstić information content (AvgIpc) is 3.41. The molecule has 9 nitrogen and oxygen atoms in total. The normalized spacial score (nSPS) is 22.8. The molecule has 2 bridgehead atoms. The SMILES string of the molecule is C=C(C)c1sc2cc1-c1ccc(NC(=O)OCCO)cc1NC(=O)[C@H](C)CCC[C@@H]2NC(=O)C1CCC(CN)CC1. The minimum absolute atomic E-state index is 0.000330. The van der Waals surface area contributed by atoms with Crippen molar-refractivity contribution in [2.24, 2.45) is 23.5 Å². The van der Waals surface area contributed by atoms with Gasteiger partial charge in [0.05, 0.1) is 18.3 Å². The van der Waals surface area contributed by atoms with Crippen LogP contribution in [0.5, 0.6) is 0 Å². The van der Waals surface area contributed by atoms with Crippen molar-refractivity contribution in [3.63, 3.8) is 0 Å². The molecule has 0 spiro atoms. The van der Waals surface area contributed by atoms with Crippen LogP contribution >= 0.6 is 11.3 Å². The second-order valence-electron chi connectivity index (χ2n) is 11.3. The van der Waals surface area contributed by atoms with Gasteiger partial charge in [0.2, 0.25) is 11.8 Å². The Labute approximate surface area is 245 Å². The van der Waals surface area contributed by atoms with Gasteiger partial charge in [0, 0.05) is 38.4 Å². The Bertz CT molecular complexity index is 1270. The van der Waals surface area contributed by atoms with E-state index in [9.17, 15) is 14.4 Å². The highest BCUT2D eigenvalue weighted by molar-refractivity contribution is 7.13. The number of aliphatic hydroxyl groups is 1. The summed E-state index contributed by atoms with van der Waals surface area (Å²) in [6, 6.07) is 7.25. The Balaban J connectivity index is 1.68. The summed E-state index contributed by atoms with van der Waals surface area (Å²) in [5.74, 6) is 0.244. The second-order valence-corrected chi connectivity index (χ2v) is 12.3. The summed E-state index contributed by atoms with van der Waals surface area (Å²) in [6.45, 7) is 8.36. The molecular weight excluding hydrogens is 540 g/mol. The molecular formula is C31H42N4O5S. The van der Waals surface area contributed by atoms with E-state index >= 15 is 0 Å². The van der Waals surface area contributed by atoms with Crippen molar-refractivity contribution in [2.75, 3.05) is 30.4 Å². The van der Waals surface area contributed by atoms with Gasteiger partial charge in [0.1, 0.15) is 6.61 Å². The molecule has 3 amide bonds. The van der Waals surface area contributed by atoms with Crippen LogP contribution in [0.15, 0.2) is 30.8 Å². The lowest BCUT2D eigenvalue weighted by molar-refractivity contribution is -0.127. The number of fused-ring (bicyclic) bond motifs is 4. The predicted octanol–water partition coefficient (Wildman–Crippen LogP) is 5.67. The first kappa shape index (κ1) is 30.7. The molecule has 2 atom stereocenters. The molecule has 0 radical (unpaired) electrons. The molecule has 0 saturated heterocycles. The molecule has 2 heterocycles. The van der Waals surface area contributed by atoms with E-state index in [4.69, 9.17) is 15.6 Å². The molecule has 6 N–H and O–H groups in total. The molecule has 0 unspecified atom stereocenters. The fourth-order valence-electron chi connectivity index (χ4n) is 5.60.